The fourth-order valence-corrected chi connectivity index (χ4v) is 3.28. The van der Waals surface area contributed by atoms with Crippen LogP contribution in [0.25, 0.3) is 10.9 Å². The van der Waals surface area contributed by atoms with Gasteiger partial charge in [0.25, 0.3) is 5.91 Å². The largest absolute Gasteiger partial charge is 0.352 e. The third-order valence-corrected chi connectivity index (χ3v) is 4.43. The van der Waals surface area contributed by atoms with Crippen molar-refractivity contribution < 1.29 is 13.2 Å². The Balaban J connectivity index is 1.65. The molecule has 134 valence electrons. The molecule has 0 aliphatic heterocycles. The molecule has 1 aromatic heterocycles. The molecule has 1 heterocycles. The standard InChI is InChI=1S/C19H19N3O3S/c1-26(24,25)22-17-9-3-7-16(13-17)19(23)21-12-10-15-6-2-5-14-8-4-11-20-18(14)15/h2-9,11,13,22H,10,12H2,1H3,(H,21,23). The number of nitrogens with zero attached hydrogens (tertiary/aromatic N) is 1. The van der Waals surface area contributed by atoms with Crippen molar-refractivity contribution in [2.75, 3.05) is 17.5 Å². The first-order valence-corrected chi connectivity index (χ1v) is 10.0. The summed E-state index contributed by atoms with van der Waals surface area (Å²) in [5.41, 5.74) is 2.76. The number of pyridine rings is 1. The van der Waals surface area contributed by atoms with Crippen LogP contribution < -0.4 is 10.0 Å². The number of anilines is 1. The number of para-hydroxylation sites is 1. The van der Waals surface area contributed by atoms with Crippen molar-refractivity contribution in [3.05, 3.63) is 71.9 Å². The molecule has 3 aromatic rings. The Morgan fingerprint density at radius 3 is 2.65 bits per heavy atom. The van der Waals surface area contributed by atoms with Gasteiger partial charge in [0.15, 0.2) is 0 Å². The van der Waals surface area contributed by atoms with Gasteiger partial charge < -0.3 is 5.32 Å². The van der Waals surface area contributed by atoms with Gasteiger partial charge in [-0.1, -0.05) is 30.3 Å². The summed E-state index contributed by atoms with van der Waals surface area (Å²) < 4.78 is 25.0. The first kappa shape index (κ1) is 17.9. The van der Waals surface area contributed by atoms with Crippen LogP contribution in [-0.2, 0) is 16.4 Å². The van der Waals surface area contributed by atoms with Crippen LogP contribution in [0.3, 0.4) is 0 Å². The molecule has 0 bridgehead atoms. The number of fused-ring (bicyclic) bond motifs is 1. The van der Waals surface area contributed by atoms with Gasteiger partial charge in [0.2, 0.25) is 10.0 Å². The molecule has 0 fully saturated rings. The predicted octanol–water partition coefficient (Wildman–Crippen LogP) is 2.58. The molecular formula is C19H19N3O3S. The van der Waals surface area contributed by atoms with E-state index >= 15 is 0 Å². The summed E-state index contributed by atoms with van der Waals surface area (Å²) in [5, 5.41) is 3.92. The average molecular weight is 369 g/mol. The number of carbonyl (C=O) groups excluding carboxylic acids is 1. The Bertz CT molecular complexity index is 1040. The van der Waals surface area contributed by atoms with Gasteiger partial charge in [-0.15, -0.1) is 0 Å². The van der Waals surface area contributed by atoms with Crippen molar-refractivity contribution in [1.82, 2.24) is 10.3 Å². The van der Waals surface area contributed by atoms with Crippen molar-refractivity contribution in [3.63, 3.8) is 0 Å². The van der Waals surface area contributed by atoms with Crippen LogP contribution >= 0.6 is 0 Å². The zero-order valence-electron chi connectivity index (χ0n) is 14.3. The maximum Gasteiger partial charge on any atom is 0.251 e. The Hall–Kier alpha value is -2.93. The molecule has 6 nitrogen and oxygen atoms in total. The molecular weight excluding hydrogens is 350 g/mol. The van der Waals surface area contributed by atoms with Crippen LogP contribution in [0.5, 0.6) is 0 Å². The molecule has 0 saturated heterocycles. The lowest BCUT2D eigenvalue weighted by Crippen LogP contribution is -2.25. The maximum atomic E-state index is 12.3. The molecule has 0 unspecified atom stereocenters. The van der Waals surface area contributed by atoms with Crippen molar-refractivity contribution in [1.29, 1.82) is 0 Å². The molecule has 7 heteroatoms. The second-order valence-electron chi connectivity index (χ2n) is 5.95. The van der Waals surface area contributed by atoms with Gasteiger partial charge in [-0.25, -0.2) is 8.42 Å². The van der Waals surface area contributed by atoms with Crippen molar-refractivity contribution in [2.45, 2.75) is 6.42 Å². The molecule has 2 N–H and O–H groups in total. The highest BCUT2D eigenvalue weighted by Crippen LogP contribution is 2.16. The van der Waals surface area contributed by atoms with E-state index < -0.39 is 10.0 Å². The lowest BCUT2D eigenvalue weighted by molar-refractivity contribution is 0.0954. The first-order valence-electron chi connectivity index (χ1n) is 8.11. The third kappa shape index (κ3) is 4.58. The number of nitrogens with one attached hydrogen (secondary N) is 2. The molecule has 1 amide bonds. The third-order valence-electron chi connectivity index (χ3n) is 3.82. The van der Waals surface area contributed by atoms with Crippen LogP contribution in [0.4, 0.5) is 5.69 Å². The van der Waals surface area contributed by atoms with E-state index in [1.165, 1.54) is 6.07 Å². The molecule has 0 aliphatic rings. The van der Waals surface area contributed by atoms with E-state index in [0.717, 1.165) is 22.7 Å². The van der Waals surface area contributed by atoms with Crippen LogP contribution in [0.15, 0.2) is 60.8 Å². The van der Waals surface area contributed by atoms with Crippen LogP contribution in [0.1, 0.15) is 15.9 Å². The molecule has 0 spiro atoms. The normalized spacial score (nSPS) is 11.3. The van der Waals surface area contributed by atoms with E-state index in [0.29, 0.717) is 24.2 Å². The molecule has 0 radical (unpaired) electrons. The minimum absolute atomic E-state index is 0.254. The number of sulfonamides is 1. The van der Waals surface area contributed by atoms with Gasteiger partial charge in [0.05, 0.1) is 11.8 Å². The Morgan fingerprint density at radius 1 is 1.08 bits per heavy atom. The van der Waals surface area contributed by atoms with E-state index in [4.69, 9.17) is 0 Å². The fraction of sp³-hybridized carbons (Fsp3) is 0.158. The summed E-state index contributed by atoms with van der Waals surface area (Å²) in [6.45, 7) is 0.457. The highest BCUT2D eigenvalue weighted by molar-refractivity contribution is 7.92. The minimum Gasteiger partial charge on any atom is -0.352 e. The molecule has 0 aliphatic carbocycles. The van der Waals surface area contributed by atoms with E-state index in [9.17, 15) is 13.2 Å². The summed E-state index contributed by atoms with van der Waals surface area (Å²) in [5.74, 6) is -0.254. The number of hydrogen-bond acceptors (Lipinski definition) is 4. The number of benzene rings is 2. The van der Waals surface area contributed by atoms with Gasteiger partial charge in [-0.2, -0.15) is 0 Å². The van der Waals surface area contributed by atoms with Crippen molar-refractivity contribution in [3.8, 4) is 0 Å². The number of carbonyl (C=O) groups is 1. The maximum absolute atomic E-state index is 12.3. The first-order chi connectivity index (χ1) is 12.4. The predicted molar refractivity (Wildman–Crippen MR) is 103 cm³/mol. The molecule has 2 aromatic carbocycles. The van der Waals surface area contributed by atoms with Crippen molar-refractivity contribution in [2.24, 2.45) is 0 Å². The van der Waals surface area contributed by atoms with Gasteiger partial charge in [0.1, 0.15) is 0 Å². The summed E-state index contributed by atoms with van der Waals surface area (Å²) in [6, 6.07) is 16.3. The number of aromatic nitrogens is 1. The Labute approximate surface area is 152 Å². The molecule has 3 rings (SSSR count). The summed E-state index contributed by atoms with van der Waals surface area (Å²) >= 11 is 0. The number of hydrogen-bond donors (Lipinski definition) is 2. The molecule has 0 atom stereocenters. The Kier molecular flexibility index (Phi) is 5.18. The summed E-state index contributed by atoms with van der Waals surface area (Å²) in [7, 11) is -3.38. The SMILES string of the molecule is CS(=O)(=O)Nc1cccc(C(=O)NCCc2cccc3cccnc23)c1. The van der Waals surface area contributed by atoms with Gasteiger partial charge in [-0.05, 0) is 36.2 Å². The zero-order valence-corrected chi connectivity index (χ0v) is 15.1. The second kappa shape index (κ2) is 7.53. The number of rotatable bonds is 6. The van der Waals surface area contributed by atoms with Gasteiger partial charge in [-0.3, -0.25) is 14.5 Å². The second-order valence-corrected chi connectivity index (χ2v) is 7.70. The lowest BCUT2D eigenvalue weighted by atomic mass is 10.1. The number of amides is 1. The smallest absolute Gasteiger partial charge is 0.251 e. The van der Waals surface area contributed by atoms with Gasteiger partial charge in [0, 0.05) is 29.4 Å². The zero-order chi connectivity index (χ0) is 18.6. The molecule has 26 heavy (non-hydrogen) atoms. The van der Waals surface area contributed by atoms with Crippen LogP contribution in [0, 0.1) is 0 Å². The van der Waals surface area contributed by atoms with Crippen LogP contribution in [0.2, 0.25) is 0 Å². The Morgan fingerprint density at radius 2 is 1.85 bits per heavy atom. The highest BCUT2D eigenvalue weighted by atomic mass is 32.2. The highest BCUT2D eigenvalue weighted by Gasteiger charge is 2.09. The quantitative estimate of drug-likeness (QED) is 0.699. The van der Waals surface area contributed by atoms with E-state index in [-0.39, 0.29) is 5.91 Å². The average Bonchev–Trinajstić information content (AvgIpc) is 2.60. The fourth-order valence-electron chi connectivity index (χ4n) is 2.72. The van der Waals surface area contributed by atoms with E-state index in [2.05, 4.69) is 15.0 Å². The minimum atomic E-state index is -3.38. The lowest BCUT2D eigenvalue weighted by Gasteiger charge is -2.09. The van der Waals surface area contributed by atoms with Crippen molar-refractivity contribution >= 4 is 32.5 Å². The summed E-state index contributed by atoms with van der Waals surface area (Å²) in [4.78, 5) is 16.7. The summed E-state index contributed by atoms with van der Waals surface area (Å²) in [6.07, 6.45) is 3.48. The van der Waals surface area contributed by atoms with Crippen LogP contribution in [-0.4, -0.2) is 32.1 Å². The van der Waals surface area contributed by atoms with E-state index in [1.807, 2.05) is 30.3 Å². The van der Waals surface area contributed by atoms with E-state index in [1.54, 1.807) is 24.4 Å². The monoisotopic (exact) mass is 369 g/mol. The van der Waals surface area contributed by atoms with Gasteiger partial charge >= 0.3 is 0 Å². The molecule has 0 saturated carbocycles. The topological polar surface area (TPSA) is 88.2 Å².